The molecular weight excluding hydrogens is 314 g/mol. The van der Waals surface area contributed by atoms with Crippen LogP contribution in [-0.2, 0) is 11.2 Å². The summed E-state index contributed by atoms with van der Waals surface area (Å²) in [7, 11) is 1.63. The Balaban J connectivity index is 1.50. The molecule has 1 amide bonds. The van der Waals surface area contributed by atoms with Crippen LogP contribution in [0, 0.1) is 0 Å². The Morgan fingerprint density at radius 1 is 1.12 bits per heavy atom. The van der Waals surface area contributed by atoms with Gasteiger partial charge in [-0.3, -0.25) is 4.79 Å². The predicted molar refractivity (Wildman–Crippen MR) is 100 cm³/mol. The second kappa shape index (κ2) is 8.51. The molecule has 0 atom stereocenters. The Labute approximate surface area is 148 Å². The van der Waals surface area contributed by atoms with Gasteiger partial charge in [-0.15, -0.1) is 0 Å². The molecule has 2 aromatic rings. The minimum absolute atomic E-state index is 0.0556. The number of rotatable bonds is 6. The molecule has 1 saturated carbocycles. The molecule has 5 heteroatoms. The first kappa shape index (κ1) is 17.3. The Bertz CT molecular complexity index is 677. The van der Waals surface area contributed by atoms with Gasteiger partial charge in [0, 0.05) is 6.04 Å². The van der Waals surface area contributed by atoms with Crippen molar-refractivity contribution in [3.8, 4) is 5.75 Å². The third-order valence-corrected chi connectivity index (χ3v) is 4.53. The number of carbonyl (C=O) groups is 1. The van der Waals surface area contributed by atoms with Gasteiger partial charge in [0.25, 0.3) is 0 Å². The van der Waals surface area contributed by atoms with E-state index in [-0.39, 0.29) is 5.91 Å². The molecule has 3 rings (SSSR count). The number of nitrogens with one attached hydrogen (secondary N) is 2. The SMILES string of the molecule is COc1ccc(CC(=O)Nc2ccc(NC3CCCCC3)nc2)cc1. The summed E-state index contributed by atoms with van der Waals surface area (Å²) in [4.78, 5) is 16.6. The molecule has 1 aromatic carbocycles. The standard InChI is InChI=1S/C20H25N3O2/c1-25-18-10-7-15(8-11-18)13-20(24)23-17-9-12-19(21-14-17)22-16-5-3-2-4-6-16/h7-12,14,16H,2-6,13H2,1H3,(H,21,22)(H,23,24). The largest absolute Gasteiger partial charge is 0.497 e. The van der Waals surface area contributed by atoms with Crippen LogP contribution < -0.4 is 15.4 Å². The minimum atomic E-state index is -0.0556. The first-order valence-corrected chi connectivity index (χ1v) is 8.88. The number of aromatic nitrogens is 1. The van der Waals surface area contributed by atoms with Crippen LogP contribution in [0.3, 0.4) is 0 Å². The number of ether oxygens (including phenoxy) is 1. The van der Waals surface area contributed by atoms with E-state index in [1.165, 1.54) is 32.1 Å². The van der Waals surface area contributed by atoms with Crippen LogP contribution in [0.5, 0.6) is 5.75 Å². The first-order valence-electron chi connectivity index (χ1n) is 8.88. The molecule has 1 aliphatic carbocycles. The molecule has 2 N–H and O–H groups in total. The summed E-state index contributed by atoms with van der Waals surface area (Å²) in [6, 6.07) is 11.9. The monoisotopic (exact) mass is 339 g/mol. The van der Waals surface area contributed by atoms with Gasteiger partial charge in [-0.05, 0) is 42.7 Å². The molecule has 1 aromatic heterocycles. The van der Waals surface area contributed by atoms with Crippen molar-refractivity contribution in [2.45, 2.75) is 44.6 Å². The zero-order valence-electron chi connectivity index (χ0n) is 14.6. The van der Waals surface area contributed by atoms with Gasteiger partial charge < -0.3 is 15.4 Å². The quantitative estimate of drug-likeness (QED) is 0.834. The van der Waals surface area contributed by atoms with Crippen LogP contribution in [0.4, 0.5) is 11.5 Å². The fourth-order valence-electron chi connectivity index (χ4n) is 3.14. The summed E-state index contributed by atoms with van der Waals surface area (Å²) in [6.07, 6.45) is 8.37. The lowest BCUT2D eigenvalue weighted by atomic mass is 9.95. The van der Waals surface area contributed by atoms with E-state index in [4.69, 9.17) is 4.74 Å². The molecule has 0 unspecified atom stereocenters. The molecule has 1 fully saturated rings. The minimum Gasteiger partial charge on any atom is -0.497 e. The average Bonchev–Trinajstić information content (AvgIpc) is 2.65. The predicted octanol–water partition coefficient (Wildman–Crippen LogP) is 4.02. The van der Waals surface area contributed by atoms with Crippen molar-refractivity contribution in [3.05, 3.63) is 48.2 Å². The topological polar surface area (TPSA) is 63.2 Å². The maximum atomic E-state index is 12.2. The number of benzene rings is 1. The van der Waals surface area contributed by atoms with E-state index in [1.54, 1.807) is 13.3 Å². The molecule has 0 bridgehead atoms. The lowest BCUT2D eigenvalue weighted by Gasteiger charge is -2.23. The number of carbonyl (C=O) groups excluding carboxylic acids is 1. The van der Waals surface area contributed by atoms with E-state index in [9.17, 15) is 4.79 Å². The number of hydrogen-bond acceptors (Lipinski definition) is 4. The Hall–Kier alpha value is -2.56. The van der Waals surface area contributed by atoms with E-state index in [0.29, 0.717) is 18.2 Å². The summed E-state index contributed by atoms with van der Waals surface area (Å²) in [5, 5.41) is 6.37. The van der Waals surface area contributed by atoms with Crippen LogP contribution >= 0.6 is 0 Å². The highest BCUT2D eigenvalue weighted by Crippen LogP contribution is 2.21. The summed E-state index contributed by atoms with van der Waals surface area (Å²) in [6.45, 7) is 0. The fraction of sp³-hybridized carbons (Fsp3) is 0.400. The van der Waals surface area contributed by atoms with E-state index >= 15 is 0 Å². The van der Waals surface area contributed by atoms with Crippen LogP contribution in [0.25, 0.3) is 0 Å². The van der Waals surface area contributed by atoms with E-state index in [2.05, 4.69) is 15.6 Å². The van der Waals surface area contributed by atoms with Crippen LogP contribution in [-0.4, -0.2) is 24.0 Å². The van der Waals surface area contributed by atoms with Crippen molar-refractivity contribution in [2.24, 2.45) is 0 Å². The summed E-state index contributed by atoms with van der Waals surface area (Å²) in [5.41, 5.74) is 1.66. The van der Waals surface area contributed by atoms with E-state index in [0.717, 1.165) is 17.1 Å². The number of amides is 1. The Morgan fingerprint density at radius 3 is 2.52 bits per heavy atom. The maximum absolute atomic E-state index is 12.2. The van der Waals surface area contributed by atoms with Gasteiger partial charge in [-0.1, -0.05) is 31.4 Å². The summed E-state index contributed by atoms with van der Waals surface area (Å²) >= 11 is 0. The molecule has 0 radical (unpaired) electrons. The van der Waals surface area contributed by atoms with Gasteiger partial charge in [0.15, 0.2) is 0 Å². The summed E-state index contributed by atoms with van der Waals surface area (Å²) < 4.78 is 5.12. The molecule has 1 aliphatic rings. The zero-order chi connectivity index (χ0) is 17.5. The first-order chi connectivity index (χ1) is 12.2. The normalized spacial score (nSPS) is 14.8. The molecule has 0 spiro atoms. The van der Waals surface area contributed by atoms with Gasteiger partial charge >= 0.3 is 0 Å². The number of anilines is 2. The van der Waals surface area contributed by atoms with Gasteiger partial charge in [0.2, 0.25) is 5.91 Å². The van der Waals surface area contributed by atoms with Crippen molar-refractivity contribution >= 4 is 17.4 Å². The Morgan fingerprint density at radius 2 is 1.88 bits per heavy atom. The van der Waals surface area contributed by atoms with E-state index < -0.39 is 0 Å². The average molecular weight is 339 g/mol. The molecule has 5 nitrogen and oxygen atoms in total. The molecular formula is C20H25N3O2. The van der Waals surface area contributed by atoms with Crippen LogP contribution in [0.1, 0.15) is 37.7 Å². The second-order valence-corrected chi connectivity index (χ2v) is 6.48. The van der Waals surface area contributed by atoms with Crippen molar-refractivity contribution in [1.82, 2.24) is 4.98 Å². The van der Waals surface area contributed by atoms with Gasteiger partial charge in [0.05, 0.1) is 25.4 Å². The number of nitrogens with zero attached hydrogens (tertiary/aromatic N) is 1. The zero-order valence-corrected chi connectivity index (χ0v) is 14.6. The summed E-state index contributed by atoms with van der Waals surface area (Å²) in [5.74, 6) is 1.61. The van der Waals surface area contributed by atoms with E-state index in [1.807, 2.05) is 36.4 Å². The molecule has 25 heavy (non-hydrogen) atoms. The maximum Gasteiger partial charge on any atom is 0.228 e. The fourth-order valence-corrected chi connectivity index (χ4v) is 3.14. The lowest BCUT2D eigenvalue weighted by Crippen LogP contribution is -2.22. The third-order valence-electron chi connectivity index (χ3n) is 4.53. The molecule has 0 aliphatic heterocycles. The second-order valence-electron chi connectivity index (χ2n) is 6.48. The van der Waals surface area contributed by atoms with Crippen molar-refractivity contribution < 1.29 is 9.53 Å². The van der Waals surface area contributed by atoms with Gasteiger partial charge in [0.1, 0.15) is 11.6 Å². The van der Waals surface area contributed by atoms with Crippen LogP contribution in [0.2, 0.25) is 0 Å². The molecule has 0 saturated heterocycles. The van der Waals surface area contributed by atoms with Gasteiger partial charge in [-0.2, -0.15) is 0 Å². The highest BCUT2D eigenvalue weighted by molar-refractivity contribution is 5.92. The number of hydrogen-bond donors (Lipinski definition) is 2. The van der Waals surface area contributed by atoms with Crippen molar-refractivity contribution in [3.63, 3.8) is 0 Å². The molecule has 1 heterocycles. The van der Waals surface area contributed by atoms with Crippen molar-refractivity contribution in [1.29, 1.82) is 0 Å². The highest BCUT2D eigenvalue weighted by Gasteiger charge is 2.13. The molecule has 132 valence electrons. The Kier molecular flexibility index (Phi) is 5.88. The number of methoxy groups -OCH3 is 1. The number of pyridine rings is 1. The smallest absolute Gasteiger partial charge is 0.228 e. The van der Waals surface area contributed by atoms with Crippen molar-refractivity contribution in [2.75, 3.05) is 17.7 Å². The van der Waals surface area contributed by atoms with Crippen LogP contribution in [0.15, 0.2) is 42.6 Å². The van der Waals surface area contributed by atoms with Gasteiger partial charge in [-0.25, -0.2) is 4.98 Å². The third kappa shape index (κ3) is 5.21. The lowest BCUT2D eigenvalue weighted by molar-refractivity contribution is -0.115. The highest BCUT2D eigenvalue weighted by atomic mass is 16.5.